The Hall–Kier alpha value is -1.56. The fourth-order valence-electron chi connectivity index (χ4n) is 2.33. The number of nitrogens with one attached hydrogen (secondary N) is 1. The first-order valence-electron chi connectivity index (χ1n) is 6.47. The van der Waals surface area contributed by atoms with Gasteiger partial charge in [0.25, 0.3) is 0 Å². The van der Waals surface area contributed by atoms with Crippen LogP contribution in [0.1, 0.15) is 30.0 Å². The first kappa shape index (κ1) is 14.8. The molecule has 110 valence electrons. The van der Waals surface area contributed by atoms with Gasteiger partial charge in [0.2, 0.25) is 5.91 Å². The zero-order valence-electron chi connectivity index (χ0n) is 10.9. The Kier molecular flexibility index (Phi) is 4.65. The summed E-state index contributed by atoms with van der Waals surface area (Å²) in [5, 5.41) is 2.83. The van der Waals surface area contributed by atoms with Crippen molar-refractivity contribution in [1.82, 2.24) is 5.32 Å². The topological polar surface area (TPSA) is 38.3 Å². The molecule has 0 aromatic heterocycles. The number of hydrogen-bond acceptors (Lipinski definition) is 2. The van der Waals surface area contributed by atoms with Crippen molar-refractivity contribution < 1.29 is 22.7 Å². The fraction of sp³-hybridized carbons (Fsp3) is 0.500. The van der Waals surface area contributed by atoms with E-state index in [1.54, 1.807) is 0 Å². The predicted molar refractivity (Wildman–Crippen MR) is 67.1 cm³/mol. The summed E-state index contributed by atoms with van der Waals surface area (Å²) in [6, 6.07) is 7.81. The van der Waals surface area contributed by atoms with Gasteiger partial charge in [-0.1, -0.05) is 24.3 Å². The number of fused-ring (bicyclic) bond motifs is 1. The number of aryl methyl sites for hydroxylation is 1. The van der Waals surface area contributed by atoms with Crippen LogP contribution in [0.3, 0.4) is 0 Å². The number of rotatable bonds is 5. The van der Waals surface area contributed by atoms with Crippen LogP contribution in [-0.4, -0.2) is 25.3 Å². The molecule has 0 bridgehead atoms. The van der Waals surface area contributed by atoms with Crippen LogP contribution in [0.2, 0.25) is 0 Å². The summed E-state index contributed by atoms with van der Waals surface area (Å²) in [5.74, 6) is -0.283. The molecule has 0 aliphatic heterocycles. The van der Waals surface area contributed by atoms with Gasteiger partial charge in [0, 0.05) is 6.42 Å². The van der Waals surface area contributed by atoms with Gasteiger partial charge in [0.15, 0.2) is 0 Å². The zero-order valence-corrected chi connectivity index (χ0v) is 10.9. The summed E-state index contributed by atoms with van der Waals surface area (Å²) < 4.78 is 40.0. The molecule has 1 amide bonds. The predicted octanol–water partition coefficient (Wildman–Crippen LogP) is 2.76. The summed E-state index contributed by atoms with van der Waals surface area (Å²) in [6.45, 7) is -1.54. The molecule has 1 aromatic carbocycles. The Morgan fingerprint density at radius 2 is 2.10 bits per heavy atom. The summed E-state index contributed by atoms with van der Waals surface area (Å²) in [5.41, 5.74) is 2.31. The molecule has 0 radical (unpaired) electrons. The highest BCUT2D eigenvalue weighted by Gasteiger charge is 2.27. The molecular weight excluding hydrogens is 271 g/mol. The third kappa shape index (κ3) is 4.23. The number of carbonyl (C=O) groups is 1. The van der Waals surface area contributed by atoms with Gasteiger partial charge in [0.1, 0.15) is 6.61 Å². The van der Waals surface area contributed by atoms with Gasteiger partial charge in [-0.05, 0) is 24.0 Å². The first-order chi connectivity index (χ1) is 9.46. The van der Waals surface area contributed by atoms with Crippen molar-refractivity contribution >= 4 is 5.91 Å². The summed E-state index contributed by atoms with van der Waals surface area (Å²) >= 11 is 0. The number of carbonyl (C=O) groups excluding carboxylic acids is 1. The molecule has 1 aliphatic carbocycles. The van der Waals surface area contributed by atoms with Gasteiger partial charge in [-0.3, -0.25) is 4.79 Å². The molecule has 0 spiro atoms. The lowest BCUT2D eigenvalue weighted by Crippen LogP contribution is -2.28. The van der Waals surface area contributed by atoms with Gasteiger partial charge in [-0.25, -0.2) is 0 Å². The van der Waals surface area contributed by atoms with E-state index in [9.17, 15) is 18.0 Å². The van der Waals surface area contributed by atoms with Crippen molar-refractivity contribution in [1.29, 1.82) is 0 Å². The highest BCUT2D eigenvalue weighted by molar-refractivity contribution is 5.76. The zero-order chi connectivity index (χ0) is 14.6. The Bertz CT molecular complexity index is 474. The van der Waals surface area contributed by atoms with E-state index in [0.717, 1.165) is 18.4 Å². The molecule has 1 atom stereocenters. The van der Waals surface area contributed by atoms with Crippen LogP contribution >= 0.6 is 0 Å². The first-order valence-corrected chi connectivity index (χ1v) is 6.47. The maximum Gasteiger partial charge on any atom is 0.411 e. The monoisotopic (exact) mass is 287 g/mol. The molecule has 1 unspecified atom stereocenters. The molecule has 20 heavy (non-hydrogen) atoms. The number of benzene rings is 1. The van der Waals surface area contributed by atoms with Gasteiger partial charge in [-0.15, -0.1) is 0 Å². The number of ether oxygens (including phenoxy) is 1. The summed E-state index contributed by atoms with van der Waals surface area (Å²) in [7, 11) is 0. The molecule has 0 heterocycles. The van der Waals surface area contributed by atoms with E-state index >= 15 is 0 Å². The molecule has 1 aromatic rings. The van der Waals surface area contributed by atoms with Crippen molar-refractivity contribution in [2.24, 2.45) is 0 Å². The molecule has 0 saturated heterocycles. The van der Waals surface area contributed by atoms with Gasteiger partial charge in [-0.2, -0.15) is 13.2 Å². The van der Waals surface area contributed by atoms with E-state index in [1.807, 2.05) is 24.3 Å². The van der Waals surface area contributed by atoms with E-state index in [2.05, 4.69) is 10.1 Å². The van der Waals surface area contributed by atoms with Gasteiger partial charge >= 0.3 is 6.18 Å². The molecule has 0 saturated carbocycles. The van der Waals surface area contributed by atoms with Crippen LogP contribution in [0, 0.1) is 0 Å². The second-order valence-corrected chi connectivity index (χ2v) is 4.78. The normalized spacial score (nSPS) is 17.9. The molecular formula is C14H16F3NO2. The third-order valence-corrected chi connectivity index (χ3v) is 3.21. The van der Waals surface area contributed by atoms with Gasteiger partial charge < -0.3 is 10.1 Å². The Balaban J connectivity index is 1.73. The quantitative estimate of drug-likeness (QED) is 0.846. The molecule has 0 fully saturated rings. The van der Waals surface area contributed by atoms with Crippen LogP contribution in [0.25, 0.3) is 0 Å². The lowest BCUT2D eigenvalue weighted by atomic mass is 10.1. The van der Waals surface area contributed by atoms with Crippen LogP contribution < -0.4 is 5.32 Å². The van der Waals surface area contributed by atoms with E-state index < -0.39 is 12.8 Å². The number of alkyl halides is 3. The van der Waals surface area contributed by atoms with Crippen molar-refractivity contribution in [3.63, 3.8) is 0 Å². The van der Waals surface area contributed by atoms with Crippen LogP contribution in [-0.2, 0) is 16.0 Å². The second kappa shape index (κ2) is 6.26. The van der Waals surface area contributed by atoms with Crippen molar-refractivity contribution in [3.05, 3.63) is 35.4 Å². The second-order valence-electron chi connectivity index (χ2n) is 4.78. The third-order valence-electron chi connectivity index (χ3n) is 3.21. The smallest absolute Gasteiger partial charge is 0.372 e. The lowest BCUT2D eigenvalue weighted by Gasteiger charge is -2.14. The van der Waals surface area contributed by atoms with Crippen LogP contribution in [0.4, 0.5) is 13.2 Å². The number of amides is 1. The van der Waals surface area contributed by atoms with Crippen LogP contribution in [0.15, 0.2) is 24.3 Å². The molecule has 1 aliphatic rings. The Morgan fingerprint density at radius 3 is 2.85 bits per heavy atom. The minimum absolute atomic E-state index is 0.0404. The minimum Gasteiger partial charge on any atom is -0.372 e. The molecule has 3 nitrogen and oxygen atoms in total. The highest BCUT2D eigenvalue weighted by Crippen LogP contribution is 2.30. The van der Waals surface area contributed by atoms with E-state index in [0.29, 0.717) is 0 Å². The summed E-state index contributed by atoms with van der Waals surface area (Å²) in [4.78, 5) is 11.7. The fourth-order valence-corrected chi connectivity index (χ4v) is 2.33. The van der Waals surface area contributed by atoms with E-state index in [-0.39, 0.29) is 25.0 Å². The largest absolute Gasteiger partial charge is 0.411 e. The van der Waals surface area contributed by atoms with Crippen LogP contribution in [0.5, 0.6) is 0 Å². The molecule has 1 N–H and O–H groups in total. The standard InChI is InChI=1S/C14H16F3NO2/c15-14(16,17)9-20-8-7-13(19)18-12-6-5-10-3-1-2-4-11(10)12/h1-4,12H,5-9H2,(H,18,19). The van der Waals surface area contributed by atoms with Gasteiger partial charge in [0.05, 0.1) is 12.6 Å². The number of halogens is 3. The Morgan fingerprint density at radius 1 is 1.35 bits per heavy atom. The van der Waals surface area contributed by atoms with E-state index in [4.69, 9.17) is 0 Å². The summed E-state index contributed by atoms with van der Waals surface area (Å²) in [6.07, 6.45) is -2.67. The maximum absolute atomic E-state index is 11.8. The van der Waals surface area contributed by atoms with E-state index in [1.165, 1.54) is 5.56 Å². The highest BCUT2D eigenvalue weighted by atomic mass is 19.4. The lowest BCUT2D eigenvalue weighted by molar-refractivity contribution is -0.174. The maximum atomic E-state index is 11.8. The van der Waals surface area contributed by atoms with Crippen molar-refractivity contribution in [3.8, 4) is 0 Å². The van der Waals surface area contributed by atoms with Crippen molar-refractivity contribution in [2.75, 3.05) is 13.2 Å². The Labute approximate surface area is 115 Å². The average molecular weight is 287 g/mol. The average Bonchev–Trinajstić information content (AvgIpc) is 2.77. The minimum atomic E-state index is -4.35. The number of hydrogen-bond donors (Lipinski definition) is 1. The van der Waals surface area contributed by atoms with Crippen molar-refractivity contribution in [2.45, 2.75) is 31.5 Å². The molecule has 2 rings (SSSR count). The SMILES string of the molecule is O=C(CCOCC(F)(F)F)NC1CCc2ccccc21. The molecule has 6 heteroatoms.